The maximum Gasteiger partial charge on any atom is 0.272 e. The lowest BCUT2D eigenvalue weighted by Gasteiger charge is -2.06. The number of amides is 1. The maximum absolute atomic E-state index is 12.5. The van der Waals surface area contributed by atoms with Crippen LogP contribution in [0.5, 0.6) is 0 Å². The molecule has 0 saturated carbocycles. The van der Waals surface area contributed by atoms with Gasteiger partial charge in [-0.1, -0.05) is 17.7 Å². The second-order valence-electron chi connectivity index (χ2n) is 6.39. The van der Waals surface area contributed by atoms with E-state index in [2.05, 4.69) is 15.5 Å². The zero-order valence-corrected chi connectivity index (χ0v) is 15.9. The molecule has 0 spiro atoms. The van der Waals surface area contributed by atoms with E-state index in [1.807, 2.05) is 12.1 Å². The molecule has 1 aromatic heterocycles. The average Bonchev–Trinajstić information content (AvgIpc) is 3.11. The van der Waals surface area contributed by atoms with Gasteiger partial charge in [-0.25, -0.2) is 0 Å². The predicted octanol–water partition coefficient (Wildman–Crippen LogP) is 4.54. The van der Waals surface area contributed by atoms with Crippen molar-refractivity contribution in [1.82, 2.24) is 15.0 Å². The number of anilines is 1. The van der Waals surface area contributed by atoms with E-state index >= 15 is 0 Å². The van der Waals surface area contributed by atoms with Crippen molar-refractivity contribution in [2.24, 2.45) is 0 Å². The molecule has 0 aliphatic carbocycles. The van der Waals surface area contributed by atoms with Crippen LogP contribution in [0.4, 0.5) is 11.4 Å². The molecule has 144 valence electrons. The lowest BCUT2D eigenvalue weighted by atomic mass is 10.1. The number of nitrogens with one attached hydrogen (secondary N) is 1. The van der Waals surface area contributed by atoms with Crippen LogP contribution >= 0.6 is 11.6 Å². The Morgan fingerprint density at radius 3 is 2.59 bits per heavy atom. The highest BCUT2D eigenvalue weighted by molar-refractivity contribution is 6.30. The summed E-state index contributed by atoms with van der Waals surface area (Å²) in [5, 5.41) is 23.1. The summed E-state index contributed by atoms with van der Waals surface area (Å²) in [4.78, 5) is 24.4. The standard InChI is InChI=1S/C20H14ClN5O3/c1-12-9-13(5-8-19(12)26(28)29)20(27)22-15-6-7-17-18(11-15)24-25(23-17)16-4-2-3-14(21)10-16/h2-11H,1H3,(H,22,27). The fourth-order valence-corrected chi connectivity index (χ4v) is 3.10. The summed E-state index contributed by atoms with van der Waals surface area (Å²) in [6.45, 7) is 1.59. The van der Waals surface area contributed by atoms with Crippen molar-refractivity contribution in [2.45, 2.75) is 6.92 Å². The number of hydrogen-bond donors (Lipinski definition) is 1. The second kappa shape index (κ2) is 7.33. The number of carbonyl (C=O) groups is 1. The van der Waals surface area contributed by atoms with Gasteiger partial charge in [0.15, 0.2) is 0 Å². The number of aromatic nitrogens is 3. The van der Waals surface area contributed by atoms with E-state index in [1.54, 1.807) is 37.3 Å². The summed E-state index contributed by atoms with van der Waals surface area (Å²) in [7, 11) is 0. The van der Waals surface area contributed by atoms with Gasteiger partial charge < -0.3 is 5.32 Å². The highest BCUT2D eigenvalue weighted by Crippen LogP contribution is 2.22. The van der Waals surface area contributed by atoms with Crippen LogP contribution in [0.2, 0.25) is 5.02 Å². The van der Waals surface area contributed by atoms with Crippen molar-refractivity contribution >= 4 is 39.9 Å². The van der Waals surface area contributed by atoms with Crippen LogP contribution in [0.15, 0.2) is 60.7 Å². The molecular weight excluding hydrogens is 394 g/mol. The molecule has 1 heterocycles. The normalized spacial score (nSPS) is 10.8. The number of rotatable bonds is 4. The fourth-order valence-electron chi connectivity index (χ4n) is 2.91. The van der Waals surface area contributed by atoms with E-state index in [0.29, 0.717) is 32.9 Å². The molecule has 0 radical (unpaired) electrons. The van der Waals surface area contributed by atoms with Gasteiger partial charge in [-0.3, -0.25) is 14.9 Å². The fraction of sp³-hybridized carbons (Fsp3) is 0.0500. The first kappa shape index (κ1) is 18.6. The molecule has 0 unspecified atom stereocenters. The summed E-state index contributed by atoms with van der Waals surface area (Å²) in [5.74, 6) is -0.371. The van der Waals surface area contributed by atoms with Crippen LogP contribution in [0.1, 0.15) is 15.9 Å². The number of carbonyl (C=O) groups excluding carboxylic acids is 1. The number of nitro groups is 1. The van der Waals surface area contributed by atoms with Crippen LogP contribution in [0.3, 0.4) is 0 Å². The smallest absolute Gasteiger partial charge is 0.272 e. The first-order valence-corrected chi connectivity index (χ1v) is 8.98. The molecule has 0 aliphatic heterocycles. The molecule has 9 heteroatoms. The van der Waals surface area contributed by atoms with Gasteiger partial charge in [0.1, 0.15) is 11.0 Å². The lowest BCUT2D eigenvalue weighted by Crippen LogP contribution is -2.12. The minimum absolute atomic E-state index is 0.0272. The minimum atomic E-state index is -0.478. The van der Waals surface area contributed by atoms with E-state index in [4.69, 9.17) is 11.6 Å². The topological polar surface area (TPSA) is 103 Å². The van der Waals surface area contributed by atoms with Gasteiger partial charge in [0.2, 0.25) is 0 Å². The third-order valence-electron chi connectivity index (χ3n) is 4.33. The van der Waals surface area contributed by atoms with Crippen molar-refractivity contribution in [2.75, 3.05) is 5.32 Å². The maximum atomic E-state index is 12.5. The molecule has 0 fully saturated rings. The zero-order chi connectivity index (χ0) is 20.5. The Kier molecular flexibility index (Phi) is 4.69. The Morgan fingerprint density at radius 2 is 1.86 bits per heavy atom. The third kappa shape index (κ3) is 3.78. The van der Waals surface area contributed by atoms with Gasteiger partial charge >= 0.3 is 0 Å². The molecule has 1 N–H and O–H groups in total. The molecule has 0 aliphatic rings. The number of benzene rings is 3. The lowest BCUT2D eigenvalue weighted by molar-refractivity contribution is -0.385. The van der Waals surface area contributed by atoms with Crippen molar-refractivity contribution in [1.29, 1.82) is 0 Å². The van der Waals surface area contributed by atoms with Crippen LogP contribution in [-0.4, -0.2) is 25.8 Å². The summed E-state index contributed by atoms with van der Waals surface area (Å²) in [6, 6.07) is 16.6. The minimum Gasteiger partial charge on any atom is -0.322 e. The highest BCUT2D eigenvalue weighted by Gasteiger charge is 2.14. The van der Waals surface area contributed by atoms with Crippen molar-refractivity contribution in [3.63, 3.8) is 0 Å². The van der Waals surface area contributed by atoms with E-state index in [-0.39, 0.29) is 11.6 Å². The molecule has 4 aromatic rings. The summed E-state index contributed by atoms with van der Waals surface area (Å²) >= 11 is 6.02. The quantitative estimate of drug-likeness (QED) is 0.395. The Bertz CT molecular complexity index is 1270. The van der Waals surface area contributed by atoms with E-state index in [1.165, 1.54) is 23.0 Å². The van der Waals surface area contributed by atoms with Crippen LogP contribution in [0.25, 0.3) is 16.7 Å². The predicted molar refractivity (Wildman–Crippen MR) is 110 cm³/mol. The van der Waals surface area contributed by atoms with E-state index in [9.17, 15) is 14.9 Å². The molecular formula is C20H14ClN5O3. The summed E-state index contributed by atoms with van der Waals surface area (Å²) in [5.41, 5.74) is 3.24. The van der Waals surface area contributed by atoms with Crippen LogP contribution in [-0.2, 0) is 0 Å². The van der Waals surface area contributed by atoms with Crippen molar-refractivity contribution in [3.05, 3.63) is 86.9 Å². The van der Waals surface area contributed by atoms with Crippen LogP contribution < -0.4 is 5.32 Å². The number of hydrogen-bond acceptors (Lipinski definition) is 5. The Balaban J connectivity index is 1.59. The van der Waals surface area contributed by atoms with Crippen LogP contribution in [0, 0.1) is 17.0 Å². The number of nitro benzene ring substituents is 1. The largest absolute Gasteiger partial charge is 0.322 e. The van der Waals surface area contributed by atoms with Gasteiger partial charge in [-0.05, 0) is 55.5 Å². The monoisotopic (exact) mass is 407 g/mol. The molecule has 29 heavy (non-hydrogen) atoms. The number of aryl methyl sites for hydroxylation is 1. The third-order valence-corrected chi connectivity index (χ3v) is 4.57. The molecule has 8 nitrogen and oxygen atoms in total. The number of halogens is 1. The van der Waals surface area contributed by atoms with Gasteiger partial charge in [-0.15, -0.1) is 10.2 Å². The number of nitrogens with zero attached hydrogens (tertiary/aromatic N) is 4. The van der Waals surface area contributed by atoms with E-state index < -0.39 is 4.92 Å². The SMILES string of the molecule is Cc1cc(C(=O)Nc2ccc3nn(-c4cccc(Cl)c4)nc3c2)ccc1[N+](=O)[O-]. The first-order valence-electron chi connectivity index (χ1n) is 8.60. The van der Waals surface area contributed by atoms with Gasteiger partial charge in [0, 0.05) is 27.9 Å². The van der Waals surface area contributed by atoms with Gasteiger partial charge in [0.25, 0.3) is 11.6 Å². The second-order valence-corrected chi connectivity index (χ2v) is 6.82. The Hall–Kier alpha value is -3.78. The number of fused-ring (bicyclic) bond motifs is 1. The highest BCUT2D eigenvalue weighted by atomic mass is 35.5. The molecule has 0 atom stereocenters. The molecule has 4 rings (SSSR count). The molecule has 1 amide bonds. The zero-order valence-electron chi connectivity index (χ0n) is 15.2. The van der Waals surface area contributed by atoms with Gasteiger partial charge in [-0.2, -0.15) is 4.80 Å². The summed E-state index contributed by atoms with van der Waals surface area (Å²) < 4.78 is 0. The molecule has 0 saturated heterocycles. The van der Waals surface area contributed by atoms with Crippen molar-refractivity contribution in [3.8, 4) is 5.69 Å². The van der Waals surface area contributed by atoms with E-state index in [0.717, 1.165) is 5.69 Å². The average molecular weight is 408 g/mol. The van der Waals surface area contributed by atoms with Crippen molar-refractivity contribution < 1.29 is 9.72 Å². The van der Waals surface area contributed by atoms with Gasteiger partial charge in [0.05, 0.1) is 10.6 Å². The summed E-state index contributed by atoms with van der Waals surface area (Å²) in [6.07, 6.45) is 0. The Morgan fingerprint density at radius 1 is 1.07 bits per heavy atom. The first-order chi connectivity index (χ1) is 13.9. The molecule has 0 bridgehead atoms. The Labute approximate surface area is 169 Å². The molecule has 3 aromatic carbocycles.